The van der Waals surface area contributed by atoms with E-state index >= 15 is 0 Å². The second kappa shape index (κ2) is 8.18. The molecule has 1 aromatic carbocycles. The number of benzene rings is 1. The van der Waals surface area contributed by atoms with Gasteiger partial charge in [0.05, 0.1) is 18.5 Å². The lowest BCUT2D eigenvalue weighted by Gasteiger charge is -2.13. The molecule has 2 heterocycles. The lowest BCUT2D eigenvalue weighted by molar-refractivity contribution is 0.0916. The Morgan fingerprint density at radius 3 is 2.66 bits per heavy atom. The molecule has 0 radical (unpaired) electrons. The second-order valence-corrected chi connectivity index (χ2v) is 6.84. The van der Waals surface area contributed by atoms with Crippen molar-refractivity contribution in [3.8, 4) is 0 Å². The summed E-state index contributed by atoms with van der Waals surface area (Å²) in [6.07, 6.45) is 3.83. The Labute approximate surface area is 167 Å². The topological polar surface area (TPSA) is 96.8 Å². The fourth-order valence-corrected chi connectivity index (χ4v) is 3.43. The number of carbonyl (C=O) groups excluding carboxylic acids is 2. The molecule has 0 fully saturated rings. The molecule has 0 unspecified atom stereocenters. The summed E-state index contributed by atoms with van der Waals surface area (Å²) in [5.41, 5.74) is 5.41. The Kier molecular flexibility index (Phi) is 5.29. The maximum atomic E-state index is 12.6. The zero-order valence-corrected chi connectivity index (χ0v) is 16.0. The van der Waals surface area contributed by atoms with Crippen LogP contribution in [0.4, 0.5) is 0 Å². The van der Waals surface area contributed by atoms with E-state index in [-0.39, 0.29) is 24.1 Å². The van der Waals surface area contributed by atoms with Gasteiger partial charge in [-0.15, -0.1) is 0 Å². The SMILES string of the molecule is Cc1c(C(=O)NCc2ccco2)oc2c1/C(=N/NC(=O)c1ccccc1)CCC2. The van der Waals surface area contributed by atoms with Crippen LogP contribution in [-0.2, 0) is 13.0 Å². The quantitative estimate of drug-likeness (QED) is 0.650. The van der Waals surface area contributed by atoms with Crippen LogP contribution in [0.5, 0.6) is 0 Å². The van der Waals surface area contributed by atoms with Gasteiger partial charge in [0.1, 0.15) is 11.5 Å². The maximum Gasteiger partial charge on any atom is 0.287 e. The largest absolute Gasteiger partial charge is 0.467 e. The van der Waals surface area contributed by atoms with Gasteiger partial charge in [0, 0.05) is 23.1 Å². The summed E-state index contributed by atoms with van der Waals surface area (Å²) in [6, 6.07) is 12.5. The van der Waals surface area contributed by atoms with Gasteiger partial charge in [-0.1, -0.05) is 18.2 Å². The summed E-state index contributed by atoms with van der Waals surface area (Å²) < 4.78 is 11.1. The number of hydrazone groups is 1. The van der Waals surface area contributed by atoms with Crippen molar-refractivity contribution < 1.29 is 18.4 Å². The number of fused-ring (bicyclic) bond motifs is 1. The Bertz CT molecular complexity index is 1050. The van der Waals surface area contributed by atoms with E-state index < -0.39 is 0 Å². The van der Waals surface area contributed by atoms with E-state index in [0.29, 0.717) is 17.7 Å². The minimum absolute atomic E-state index is 0.269. The highest BCUT2D eigenvalue weighted by Gasteiger charge is 2.28. The Morgan fingerprint density at radius 2 is 1.90 bits per heavy atom. The van der Waals surface area contributed by atoms with Crippen LogP contribution in [-0.4, -0.2) is 17.5 Å². The van der Waals surface area contributed by atoms with E-state index in [2.05, 4.69) is 15.8 Å². The van der Waals surface area contributed by atoms with E-state index in [1.165, 1.54) is 0 Å². The van der Waals surface area contributed by atoms with Crippen molar-refractivity contribution in [3.63, 3.8) is 0 Å². The first-order chi connectivity index (χ1) is 14.1. The average Bonchev–Trinajstić information content (AvgIpc) is 3.39. The zero-order chi connectivity index (χ0) is 20.2. The molecule has 29 heavy (non-hydrogen) atoms. The van der Waals surface area contributed by atoms with Crippen molar-refractivity contribution in [3.05, 3.63) is 82.7 Å². The first kappa shape index (κ1) is 18.7. The summed E-state index contributed by atoms with van der Waals surface area (Å²) >= 11 is 0. The van der Waals surface area contributed by atoms with Crippen molar-refractivity contribution >= 4 is 17.5 Å². The number of aryl methyl sites for hydroxylation is 1. The molecule has 0 saturated heterocycles. The lowest BCUT2D eigenvalue weighted by atomic mass is 9.93. The molecule has 0 bridgehead atoms. The highest BCUT2D eigenvalue weighted by atomic mass is 16.4. The normalized spacial score (nSPS) is 14.4. The molecule has 1 aliphatic rings. The number of nitrogens with one attached hydrogen (secondary N) is 2. The fourth-order valence-electron chi connectivity index (χ4n) is 3.43. The van der Waals surface area contributed by atoms with Crippen molar-refractivity contribution in [1.82, 2.24) is 10.7 Å². The number of rotatable bonds is 5. The van der Waals surface area contributed by atoms with Gasteiger partial charge in [-0.25, -0.2) is 5.43 Å². The Hall–Kier alpha value is -3.61. The summed E-state index contributed by atoms with van der Waals surface area (Å²) in [5.74, 6) is 1.08. The van der Waals surface area contributed by atoms with Crippen LogP contribution >= 0.6 is 0 Å². The molecule has 0 spiro atoms. The average molecular weight is 391 g/mol. The van der Waals surface area contributed by atoms with Crippen LogP contribution in [0.25, 0.3) is 0 Å². The van der Waals surface area contributed by atoms with Crippen molar-refractivity contribution in [2.24, 2.45) is 5.10 Å². The van der Waals surface area contributed by atoms with Gasteiger partial charge in [-0.2, -0.15) is 5.10 Å². The van der Waals surface area contributed by atoms with Crippen LogP contribution in [0.1, 0.15) is 56.4 Å². The zero-order valence-electron chi connectivity index (χ0n) is 16.0. The summed E-state index contributed by atoms with van der Waals surface area (Å²) in [5, 5.41) is 7.13. The molecular weight excluding hydrogens is 370 g/mol. The summed E-state index contributed by atoms with van der Waals surface area (Å²) in [7, 11) is 0. The van der Waals surface area contributed by atoms with Gasteiger partial charge in [0.15, 0.2) is 5.76 Å². The molecule has 0 atom stereocenters. The van der Waals surface area contributed by atoms with Crippen molar-refractivity contribution in [2.75, 3.05) is 0 Å². The molecule has 148 valence electrons. The van der Waals surface area contributed by atoms with Crippen LogP contribution in [0, 0.1) is 6.92 Å². The van der Waals surface area contributed by atoms with Gasteiger partial charge >= 0.3 is 0 Å². The minimum atomic E-state index is -0.305. The number of hydrogen-bond donors (Lipinski definition) is 2. The molecule has 0 saturated carbocycles. The van der Waals surface area contributed by atoms with E-state index in [1.54, 1.807) is 42.7 Å². The molecule has 3 aromatic rings. The number of furan rings is 2. The maximum absolute atomic E-state index is 12.6. The third-order valence-corrected chi connectivity index (χ3v) is 4.86. The van der Waals surface area contributed by atoms with Gasteiger partial charge in [0.2, 0.25) is 0 Å². The van der Waals surface area contributed by atoms with Crippen LogP contribution in [0.15, 0.2) is 62.7 Å². The molecule has 0 aliphatic heterocycles. The van der Waals surface area contributed by atoms with Gasteiger partial charge in [0.25, 0.3) is 11.8 Å². The molecule has 7 heteroatoms. The Morgan fingerprint density at radius 1 is 1.07 bits per heavy atom. The highest BCUT2D eigenvalue weighted by Crippen LogP contribution is 2.29. The minimum Gasteiger partial charge on any atom is -0.467 e. The van der Waals surface area contributed by atoms with Gasteiger partial charge in [-0.05, 0) is 44.0 Å². The third kappa shape index (κ3) is 3.99. The molecule has 7 nitrogen and oxygen atoms in total. The molecule has 2 N–H and O–H groups in total. The molecule has 1 aliphatic carbocycles. The summed E-state index contributed by atoms with van der Waals surface area (Å²) in [4.78, 5) is 24.9. The lowest BCUT2D eigenvalue weighted by Crippen LogP contribution is -2.23. The van der Waals surface area contributed by atoms with Crippen molar-refractivity contribution in [1.29, 1.82) is 0 Å². The van der Waals surface area contributed by atoms with E-state index in [4.69, 9.17) is 8.83 Å². The molecule has 2 aromatic heterocycles. The van der Waals surface area contributed by atoms with Gasteiger partial charge < -0.3 is 14.2 Å². The summed E-state index contributed by atoms with van der Waals surface area (Å²) in [6.45, 7) is 2.12. The van der Waals surface area contributed by atoms with E-state index in [0.717, 1.165) is 35.4 Å². The molecular formula is C22H21N3O4. The first-order valence-electron chi connectivity index (χ1n) is 9.48. The van der Waals surface area contributed by atoms with Crippen LogP contribution in [0.3, 0.4) is 0 Å². The first-order valence-corrected chi connectivity index (χ1v) is 9.48. The van der Waals surface area contributed by atoms with Crippen molar-refractivity contribution in [2.45, 2.75) is 32.7 Å². The fraction of sp³-hybridized carbons (Fsp3) is 0.227. The third-order valence-electron chi connectivity index (χ3n) is 4.86. The van der Waals surface area contributed by atoms with E-state index in [9.17, 15) is 9.59 Å². The molecule has 2 amide bonds. The second-order valence-electron chi connectivity index (χ2n) is 6.84. The Balaban J connectivity index is 1.52. The van der Waals surface area contributed by atoms with Crippen LogP contribution in [0.2, 0.25) is 0 Å². The van der Waals surface area contributed by atoms with Gasteiger partial charge in [-0.3, -0.25) is 9.59 Å². The monoisotopic (exact) mass is 391 g/mol. The smallest absolute Gasteiger partial charge is 0.287 e. The number of amides is 2. The van der Waals surface area contributed by atoms with E-state index in [1.807, 2.05) is 13.0 Å². The number of nitrogens with zero attached hydrogens (tertiary/aromatic N) is 1. The highest BCUT2D eigenvalue weighted by molar-refractivity contribution is 6.07. The number of hydrogen-bond acceptors (Lipinski definition) is 5. The molecule has 4 rings (SSSR count). The standard InChI is InChI=1S/C22H21N3O4/c1-14-19-17(24-25-21(26)15-7-3-2-4-8-15)10-5-11-18(19)29-20(14)22(27)23-13-16-9-6-12-28-16/h2-4,6-9,12H,5,10-11,13H2,1H3,(H,23,27)(H,25,26)/b24-17+. The van der Waals surface area contributed by atoms with Crippen LogP contribution < -0.4 is 10.7 Å². The number of carbonyl (C=O) groups is 2. The predicted octanol–water partition coefficient (Wildman–Crippen LogP) is 3.58. The predicted molar refractivity (Wildman–Crippen MR) is 107 cm³/mol.